The average molecular weight is 350 g/mol. The average Bonchev–Trinajstić information content (AvgIpc) is 2.57. The molecule has 0 saturated carbocycles. The zero-order valence-electron chi connectivity index (χ0n) is 13.8. The number of anilines is 1. The van der Waals surface area contributed by atoms with Crippen LogP contribution in [-0.4, -0.2) is 17.4 Å². The molecule has 0 aromatic heterocycles. The number of nitro groups is 1. The van der Waals surface area contributed by atoms with Gasteiger partial charge in [0, 0.05) is 17.7 Å². The normalized spacial score (nSPS) is 11.8. The first-order valence-electron chi connectivity index (χ1n) is 7.61. The molecule has 2 aromatic carbocycles. The molecule has 0 radical (unpaired) electrons. The molecule has 0 fully saturated rings. The van der Waals surface area contributed by atoms with Gasteiger partial charge in [-0.3, -0.25) is 14.9 Å². The number of nitrogens with one attached hydrogen (secondary N) is 1. The van der Waals surface area contributed by atoms with Crippen molar-refractivity contribution < 1.29 is 23.8 Å². The maximum absolute atomic E-state index is 13.3. The highest BCUT2D eigenvalue weighted by Crippen LogP contribution is 2.21. The molecule has 0 spiro atoms. The predicted molar refractivity (Wildman–Crippen MR) is 88.0 cm³/mol. The summed E-state index contributed by atoms with van der Waals surface area (Å²) in [7, 11) is 0. The Morgan fingerprint density at radius 2 is 1.96 bits per heavy atom. The molecule has 132 valence electrons. The number of nitro benzene ring substituents is 1. The minimum atomic E-state index is -0.936. The molecule has 2 aromatic rings. The Kier molecular flexibility index (Phi) is 5.76. The number of carbonyl (C=O) groups is 1. The number of hydrogen-bond donors (Lipinski definition) is 2. The molecule has 0 unspecified atom stereocenters. The molecule has 0 bridgehead atoms. The van der Waals surface area contributed by atoms with Gasteiger partial charge in [-0.05, 0) is 37.6 Å². The molecule has 0 heterocycles. The number of benzene rings is 2. The van der Waals surface area contributed by atoms with E-state index in [1.165, 1.54) is 18.2 Å². The first-order chi connectivity index (χ1) is 11.8. The van der Waals surface area contributed by atoms with Crippen molar-refractivity contribution in [2.24, 2.45) is 0 Å². The largest absolute Gasteiger partial charge is 0.333 e. The fourth-order valence-corrected chi connectivity index (χ4v) is 2.27. The number of rotatable bonds is 6. The van der Waals surface area contributed by atoms with Gasteiger partial charge < -0.3 is 10.6 Å². The SMILES string of the molecule is Cc1ccc([N+](=O)[O-])cc1NC(=O)C[NH2+][C@H](C)c1ccc(F)c(F)c1. The van der Waals surface area contributed by atoms with Crippen LogP contribution in [0.1, 0.15) is 24.1 Å². The summed E-state index contributed by atoms with van der Waals surface area (Å²) in [6.07, 6.45) is 0. The summed E-state index contributed by atoms with van der Waals surface area (Å²) in [5.74, 6) is -2.21. The van der Waals surface area contributed by atoms with Crippen LogP contribution in [0.5, 0.6) is 0 Å². The second-order valence-electron chi connectivity index (χ2n) is 5.71. The zero-order chi connectivity index (χ0) is 18.6. The molecule has 0 saturated heterocycles. The Hall–Kier alpha value is -2.87. The molecule has 8 heteroatoms. The molecule has 3 N–H and O–H groups in total. The minimum Gasteiger partial charge on any atom is -0.333 e. The van der Waals surface area contributed by atoms with Gasteiger partial charge >= 0.3 is 0 Å². The molecule has 0 aliphatic heterocycles. The van der Waals surface area contributed by atoms with Crippen LogP contribution in [0.2, 0.25) is 0 Å². The highest BCUT2D eigenvalue weighted by molar-refractivity contribution is 5.92. The highest BCUT2D eigenvalue weighted by atomic mass is 19.2. The first-order valence-corrected chi connectivity index (χ1v) is 7.61. The van der Waals surface area contributed by atoms with Crippen molar-refractivity contribution in [2.45, 2.75) is 19.9 Å². The van der Waals surface area contributed by atoms with Gasteiger partial charge in [0.2, 0.25) is 0 Å². The number of nitrogens with two attached hydrogens (primary N) is 1. The Morgan fingerprint density at radius 3 is 2.60 bits per heavy atom. The molecular formula is C17H18F2N3O3+. The summed E-state index contributed by atoms with van der Waals surface area (Å²) in [5, 5.41) is 15.1. The summed E-state index contributed by atoms with van der Waals surface area (Å²) in [6.45, 7) is 3.52. The first kappa shape index (κ1) is 18.5. The lowest BCUT2D eigenvalue weighted by Crippen LogP contribution is -2.86. The monoisotopic (exact) mass is 350 g/mol. The second kappa shape index (κ2) is 7.80. The lowest BCUT2D eigenvalue weighted by molar-refractivity contribution is -0.682. The maximum atomic E-state index is 13.3. The fourth-order valence-electron chi connectivity index (χ4n) is 2.27. The molecular weight excluding hydrogens is 332 g/mol. The van der Waals surface area contributed by atoms with E-state index in [1.54, 1.807) is 25.2 Å². The highest BCUT2D eigenvalue weighted by Gasteiger charge is 2.15. The number of amides is 1. The van der Waals surface area contributed by atoms with Gasteiger partial charge in [0.05, 0.1) is 10.6 Å². The third-order valence-electron chi connectivity index (χ3n) is 3.83. The van der Waals surface area contributed by atoms with E-state index in [9.17, 15) is 23.7 Å². The number of hydrogen-bond acceptors (Lipinski definition) is 3. The van der Waals surface area contributed by atoms with Crippen LogP contribution in [0.3, 0.4) is 0 Å². The predicted octanol–water partition coefficient (Wildman–Crippen LogP) is 2.44. The Bertz CT molecular complexity index is 812. The summed E-state index contributed by atoms with van der Waals surface area (Å²) in [4.78, 5) is 22.3. The van der Waals surface area contributed by atoms with Crippen molar-refractivity contribution in [3.05, 3.63) is 69.3 Å². The summed E-state index contributed by atoms with van der Waals surface area (Å²) in [5.41, 5.74) is 1.51. The molecule has 6 nitrogen and oxygen atoms in total. The van der Waals surface area contributed by atoms with Crippen LogP contribution in [0.15, 0.2) is 36.4 Å². The smallest absolute Gasteiger partial charge is 0.279 e. The number of aryl methyl sites for hydroxylation is 1. The zero-order valence-corrected chi connectivity index (χ0v) is 13.8. The molecule has 0 aliphatic rings. The van der Waals surface area contributed by atoms with Gasteiger partial charge in [-0.1, -0.05) is 6.07 Å². The van der Waals surface area contributed by atoms with Gasteiger partial charge in [-0.15, -0.1) is 0 Å². The summed E-state index contributed by atoms with van der Waals surface area (Å²) in [6, 6.07) is 7.56. The van der Waals surface area contributed by atoms with E-state index in [2.05, 4.69) is 5.32 Å². The van der Waals surface area contributed by atoms with E-state index < -0.39 is 16.6 Å². The molecule has 1 amide bonds. The van der Waals surface area contributed by atoms with Gasteiger partial charge in [-0.2, -0.15) is 0 Å². The van der Waals surface area contributed by atoms with E-state index in [4.69, 9.17) is 0 Å². The lowest BCUT2D eigenvalue weighted by atomic mass is 10.1. The van der Waals surface area contributed by atoms with Crippen LogP contribution in [0, 0.1) is 28.7 Å². The Labute approximate surface area is 143 Å². The molecule has 2 rings (SSSR count). The summed E-state index contributed by atoms with van der Waals surface area (Å²) >= 11 is 0. The minimum absolute atomic E-state index is 0.0301. The van der Waals surface area contributed by atoms with Crippen molar-refractivity contribution in [1.82, 2.24) is 0 Å². The quantitative estimate of drug-likeness (QED) is 0.619. The van der Waals surface area contributed by atoms with Crippen molar-refractivity contribution in [3.63, 3.8) is 0 Å². The van der Waals surface area contributed by atoms with Crippen LogP contribution >= 0.6 is 0 Å². The van der Waals surface area contributed by atoms with Crippen molar-refractivity contribution in [3.8, 4) is 0 Å². The Balaban J connectivity index is 1.97. The van der Waals surface area contributed by atoms with Crippen LogP contribution < -0.4 is 10.6 Å². The van der Waals surface area contributed by atoms with Crippen molar-refractivity contribution >= 4 is 17.3 Å². The van der Waals surface area contributed by atoms with Gasteiger partial charge in [0.1, 0.15) is 6.04 Å². The standard InChI is InChI=1S/C17H17F2N3O3/c1-10-3-5-13(22(24)25)8-16(10)21-17(23)9-20-11(2)12-4-6-14(18)15(19)7-12/h3-8,11,20H,9H2,1-2H3,(H,21,23)/p+1/t11-/m1/s1. The van der Waals surface area contributed by atoms with Crippen molar-refractivity contribution in [1.29, 1.82) is 0 Å². The van der Waals surface area contributed by atoms with Gasteiger partial charge in [0.15, 0.2) is 18.2 Å². The van der Waals surface area contributed by atoms with E-state index in [0.29, 0.717) is 16.8 Å². The van der Waals surface area contributed by atoms with E-state index >= 15 is 0 Å². The van der Waals surface area contributed by atoms with E-state index in [-0.39, 0.29) is 24.2 Å². The number of carbonyl (C=O) groups excluding carboxylic acids is 1. The fraction of sp³-hybridized carbons (Fsp3) is 0.235. The third-order valence-corrected chi connectivity index (χ3v) is 3.83. The van der Waals surface area contributed by atoms with Crippen LogP contribution in [0.25, 0.3) is 0 Å². The van der Waals surface area contributed by atoms with Gasteiger partial charge in [0.25, 0.3) is 11.6 Å². The Morgan fingerprint density at radius 1 is 1.24 bits per heavy atom. The van der Waals surface area contributed by atoms with Crippen molar-refractivity contribution in [2.75, 3.05) is 11.9 Å². The number of quaternary nitrogens is 1. The summed E-state index contributed by atoms with van der Waals surface area (Å²) < 4.78 is 26.2. The van der Waals surface area contributed by atoms with Crippen LogP contribution in [0.4, 0.5) is 20.2 Å². The topological polar surface area (TPSA) is 88.9 Å². The maximum Gasteiger partial charge on any atom is 0.279 e. The molecule has 0 aliphatic carbocycles. The lowest BCUT2D eigenvalue weighted by Gasteiger charge is -2.12. The number of halogens is 2. The van der Waals surface area contributed by atoms with Crippen LogP contribution in [-0.2, 0) is 4.79 Å². The molecule has 1 atom stereocenters. The molecule has 25 heavy (non-hydrogen) atoms. The van der Waals surface area contributed by atoms with E-state index in [0.717, 1.165) is 12.1 Å². The van der Waals surface area contributed by atoms with Gasteiger partial charge in [-0.25, -0.2) is 8.78 Å². The second-order valence-corrected chi connectivity index (χ2v) is 5.71. The van der Waals surface area contributed by atoms with E-state index in [1.807, 2.05) is 0 Å². The number of nitrogens with zero attached hydrogens (tertiary/aromatic N) is 1. The number of non-ortho nitro benzene ring substituents is 1. The third kappa shape index (κ3) is 4.80.